The largest absolute Gasteiger partial charge is 0.379 e. The molecule has 0 saturated heterocycles. The Morgan fingerprint density at radius 2 is 1.59 bits per heavy atom. The maximum atomic E-state index is 12.7. The molecular weight excluding hydrogens is 420 g/mol. The molecule has 6 nitrogen and oxygen atoms in total. The van der Waals surface area contributed by atoms with Gasteiger partial charge in [-0.2, -0.15) is 5.26 Å². The fourth-order valence-corrected chi connectivity index (χ4v) is 4.70. The summed E-state index contributed by atoms with van der Waals surface area (Å²) in [5, 5.41) is 12.3. The lowest BCUT2D eigenvalue weighted by Gasteiger charge is -2.13. The van der Waals surface area contributed by atoms with E-state index in [2.05, 4.69) is 20.9 Å². The summed E-state index contributed by atoms with van der Waals surface area (Å²) in [5.74, 6) is 0.899. The Balaban J connectivity index is 1.46. The molecule has 1 aromatic heterocycles. The Morgan fingerprint density at radius 1 is 0.938 bits per heavy atom. The van der Waals surface area contributed by atoms with Gasteiger partial charge in [-0.25, -0.2) is 13.4 Å². The molecule has 32 heavy (non-hydrogen) atoms. The van der Waals surface area contributed by atoms with Crippen molar-refractivity contribution in [3.63, 3.8) is 0 Å². The molecule has 7 heteroatoms. The van der Waals surface area contributed by atoms with E-state index in [1.165, 1.54) is 0 Å². The monoisotopic (exact) mass is 442 g/mol. The van der Waals surface area contributed by atoms with Gasteiger partial charge >= 0.3 is 0 Å². The smallest absolute Gasteiger partial charge is 0.206 e. The highest BCUT2D eigenvalue weighted by Crippen LogP contribution is 2.22. The van der Waals surface area contributed by atoms with E-state index in [4.69, 9.17) is 5.26 Å². The zero-order chi connectivity index (χ0) is 22.6. The normalized spacial score (nSPS) is 11.1. The number of hydrogen-bond donors (Lipinski definition) is 1. The van der Waals surface area contributed by atoms with Gasteiger partial charge in [0.1, 0.15) is 5.82 Å². The van der Waals surface area contributed by atoms with E-state index < -0.39 is 9.84 Å². The van der Waals surface area contributed by atoms with Crippen LogP contribution >= 0.6 is 0 Å². The molecule has 0 saturated carbocycles. The van der Waals surface area contributed by atoms with Crippen LogP contribution in [-0.2, 0) is 22.9 Å². The first-order valence-electron chi connectivity index (χ1n) is 10.1. The predicted molar refractivity (Wildman–Crippen MR) is 123 cm³/mol. The van der Waals surface area contributed by atoms with E-state index in [0.717, 1.165) is 22.8 Å². The van der Waals surface area contributed by atoms with E-state index >= 15 is 0 Å². The predicted octanol–water partition coefficient (Wildman–Crippen LogP) is 4.56. The zero-order valence-corrected chi connectivity index (χ0v) is 18.4. The molecule has 1 heterocycles. The molecule has 0 fully saturated rings. The number of aromatic nitrogens is 2. The Bertz CT molecular complexity index is 1350. The molecule has 0 amide bonds. The molecule has 4 rings (SSSR count). The summed E-state index contributed by atoms with van der Waals surface area (Å²) in [6.45, 7) is 3.15. The Morgan fingerprint density at radius 3 is 2.25 bits per heavy atom. The molecular formula is C25H22N4O2S. The van der Waals surface area contributed by atoms with Crippen LogP contribution in [0.4, 0.5) is 5.69 Å². The third-order valence-electron chi connectivity index (χ3n) is 5.25. The highest BCUT2D eigenvalue weighted by molar-refractivity contribution is 7.91. The van der Waals surface area contributed by atoms with Crippen LogP contribution in [0.15, 0.2) is 94.9 Å². The third-order valence-corrected chi connectivity index (χ3v) is 7.04. The van der Waals surface area contributed by atoms with Crippen molar-refractivity contribution >= 4 is 15.5 Å². The maximum absolute atomic E-state index is 12.7. The standard InChI is InChI=1S/C25H22N4O2S/c1-19-27-16-23(29(19)18-21-9-7-20(15-26)8-10-21)17-28-22-11-13-25(14-12-22)32(30,31)24-5-3-2-4-6-24/h2-14,16,28H,17-18H2,1H3. The summed E-state index contributed by atoms with van der Waals surface area (Å²) in [5.41, 5.74) is 3.55. The molecule has 0 unspecified atom stereocenters. The number of imidazole rings is 1. The first-order chi connectivity index (χ1) is 15.5. The number of sulfone groups is 1. The highest BCUT2D eigenvalue weighted by Gasteiger charge is 2.16. The van der Waals surface area contributed by atoms with Gasteiger partial charge in [0.2, 0.25) is 9.84 Å². The first kappa shape index (κ1) is 21.3. The van der Waals surface area contributed by atoms with Crippen molar-refractivity contribution in [2.75, 3.05) is 5.32 Å². The molecule has 1 N–H and O–H groups in total. The minimum absolute atomic E-state index is 0.260. The van der Waals surface area contributed by atoms with Gasteiger partial charge in [0.25, 0.3) is 0 Å². The number of aryl methyl sites for hydroxylation is 1. The van der Waals surface area contributed by atoms with Gasteiger partial charge in [0.05, 0.1) is 39.9 Å². The Kier molecular flexibility index (Phi) is 6.06. The molecule has 0 spiro atoms. The zero-order valence-electron chi connectivity index (χ0n) is 17.6. The lowest BCUT2D eigenvalue weighted by molar-refractivity contribution is 0.596. The van der Waals surface area contributed by atoms with Gasteiger partial charge in [-0.1, -0.05) is 30.3 Å². The molecule has 0 atom stereocenters. The second-order valence-electron chi connectivity index (χ2n) is 7.39. The van der Waals surface area contributed by atoms with E-state index in [1.807, 2.05) is 37.4 Å². The molecule has 0 aliphatic heterocycles. The van der Waals surface area contributed by atoms with Gasteiger partial charge in [-0.15, -0.1) is 0 Å². The number of rotatable bonds is 7. The first-order valence-corrected chi connectivity index (χ1v) is 11.6. The van der Waals surface area contributed by atoms with Crippen LogP contribution in [0.5, 0.6) is 0 Å². The number of anilines is 1. The Labute approximate surface area is 187 Å². The van der Waals surface area contributed by atoms with Crippen molar-refractivity contribution in [2.45, 2.75) is 29.8 Å². The molecule has 0 radical (unpaired) electrons. The molecule has 4 aromatic rings. The molecule has 0 bridgehead atoms. The van der Waals surface area contributed by atoms with Crippen molar-refractivity contribution in [3.05, 3.63) is 108 Å². The van der Waals surface area contributed by atoms with Crippen LogP contribution < -0.4 is 5.32 Å². The molecule has 0 aliphatic rings. The summed E-state index contributed by atoms with van der Waals surface area (Å²) in [7, 11) is -3.53. The van der Waals surface area contributed by atoms with E-state index in [1.54, 1.807) is 54.6 Å². The number of nitriles is 1. The quantitative estimate of drug-likeness (QED) is 0.453. The van der Waals surface area contributed by atoms with Crippen LogP contribution in [0, 0.1) is 18.3 Å². The van der Waals surface area contributed by atoms with Gasteiger partial charge in [-0.3, -0.25) is 0 Å². The Hall–Kier alpha value is -3.89. The minimum Gasteiger partial charge on any atom is -0.379 e. The average Bonchev–Trinajstić information content (AvgIpc) is 3.18. The molecule has 160 valence electrons. The highest BCUT2D eigenvalue weighted by atomic mass is 32.2. The summed E-state index contributed by atoms with van der Waals surface area (Å²) in [6.07, 6.45) is 1.83. The van der Waals surface area contributed by atoms with Gasteiger partial charge < -0.3 is 9.88 Å². The second-order valence-corrected chi connectivity index (χ2v) is 9.34. The average molecular weight is 443 g/mol. The lowest BCUT2D eigenvalue weighted by Crippen LogP contribution is -2.10. The van der Waals surface area contributed by atoms with Crippen molar-refractivity contribution in [3.8, 4) is 6.07 Å². The lowest BCUT2D eigenvalue weighted by atomic mass is 10.1. The number of hydrogen-bond acceptors (Lipinski definition) is 5. The van der Waals surface area contributed by atoms with E-state index in [-0.39, 0.29) is 9.79 Å². The van der Waals surface area contributed by atoms with Crippen molar-refractivity contribution in [1.29, 1.82) is 5.26 Å². The number of nitrogens with one attached hydrogen (secondary N) is 1. The molecule has 0 aliphatic carbocycles. The number of nitrogens with zero attached hydrogens (tertiary/aromatic N) is 3. The van der Waals surface area contributed by atoms with Gasteiger partial charge in [0.15, 0.2) is 0 Å². The fraction of sp³-hybridized carbons (Fsp3) is 0.120. The summed E-state index contributed by atoms with van der Waals surface area (Å²) >= 11 is 0. The SMILES string of the molecule is Cc1ncc(CNc2ccc(S(=O)(=O)c3ccccc3)cc2)n1Cc1ccc(C#N)cc1. The van der Waals surface area contributed by atoms with Crippen LogP contribution in [0.3, 0.4) is 0 Å². The maximum Gasteiger partial charge on any atom is 0.206 e. The van der Waals surface area contributed by atoms with Crippen LogP contribution in [0.1, 0.15) is 22.6 Å². The summed E-state index contributed by atoms with van der Waals surface area (Å²) in [6, 6.07) is 24.8. The van der Waals surface area contributed by atoms with Crippen LogP contribution in [-0.4, -0.2) is 18.0 Å². The number of benzene rings is 3. The van der Waals surface area contributed by atoms with Crippen LogP contribution in [0.25, 0.3) is 0 Å². The summed E-state index contributed by atoms with van der Waals surface area (Å²) < 4.78 is 27.6. The van der Waals surface area contributed by atoms with Gasteiger partial charge in [0, 0.05) is 12.2 Å². The second kappa shape index (κ2) is 9.08. The summed E-state index contributed by atoms with van der Waals surface area (Å²) in [4.78, 5) is 4.97. The fourth-order valence-electron chi connectivity index (χ4n) is 3.42. The third kappa shape index (κ3) is 4.56. The van der Waals surface area contributed by atoms with E-state index in [0.29, 0.717) is 18.7 Å². The van der Waals surface area contributed by atoms with E-state index in [9.17, 15) is 8.42 Å². The topological polar surface area (TPSA) is 87.8 Å². The van der Waals surface area contributed by atoms with Crippen molar-refractivity contribution in [2.24, 2.45) is 0 Å². The molecule has 3 aromatic carbocycles. The van der Waals surface area contributed by atoms with Crippen molar-refractivity contribution in [1.82, 2.24) is 9.55 Å². The minimum atomic E-state index is -3.53. The van der Waals surface area contributed by atoms with Crippen molar-refractivity contribution < 1.29 is 8.42 Å². The van der Waals surface area contributed by atoms with Gasteiger partial charge in [-0.05, 0) is 61.0 Å². The van der Waals surface area contributed by atoms with Crippen LogP contribution in [0.2, 0.25) is 0 Å².